The molecule has 1 aliphatic heterocycles. The number of hydrogen-bond donors (Lipinski definition) is 1. The maximum absolute atomic E-state index is 6.57. The average molecular weight is 272 g/mol. The van der Waals surface area contributed by atoms with E-state index in [-0.39, 0.29) is 0 Å². The first kappa shape index (κ1) is 13.9. The normalized spacial score (nSPS) is 32.2. The predicted octanol–water partition coefficient (Wildman–Crippen LogP) is 3.59. The summed E-state index contributed by atoms with van der Waals surface area (Å²) < 4.78 is 0. The summed E-state index contributed by atoms with van der Waals surface area (Å²) in [6, 6.07) is 9.81. The number of para-hydroxylation sites is 1. The molecule has 2 heteroatoms. The predicted molar refractivity (Wildman–Crippen MR) is 86.1 cm³/mol. The molecule has 110 valence electrons. The van der Waals surface area contributed by atoms with Crippen molar-refractivity contribution in [1.29, 1.82) is 0 Å². The van der Waals surface area contributed by atoms with Gasteiger partial charge in [0.05, 0.1) is 0 Å². The van der Waals surface area contributed by atoms with Gasteiger partial charge in [-0.15, -0.1) is 0 Å². The Kier molecular flexibility index (Phi) is 3.53. The van der Waals surface area contributed by atoms with Gasteiger partial charge in [0, 0.05) is 24.3 Å². The number of fused-ring (bicyclic) bond motifs is 1. The van der Waals surface area contributed by atoms with Gasteiger partial charge < -0.3 is 10.6 Å². The fraction of sp³-hybridized carbons (Fsp3) is 0.667. The Hall–Kier alpha value is -1.02. The zero-order valence-electron chi connectivity index (χ0n) is 13.1. The highest BCUT2D eigenvalue weighted by molar-refractivity contribution is 5.59. The fourth-order valence-corrected chi connectivity index (χ4v) is 4.17. The number of rotatable bonds is 2. The molecule has 2 N–H and O–H groups in total. The van der Waals surface area contributed by atoms with Gasteiger partial charge in [-0.25, -0.2) is 0 Å². The van der Waals surface area contributed by atoms with Crippen molar-refractivity contribution in [2.24, 2.45) is 17.1 Å². The van der Waals surface area contributed by atoms with Crippen LogP contribution in [0.15, 0.2) is 24.3 Å². The summed E-state index contributed by atoms with van der Waals surface area (Å²) in [5, 5.41) is 0. The largest absolute Gasteiger partial charge is 0.368 e. The van der Waals surface area contributed by atoms with E-state index in [1.165, 1.54) is 36.9 Å². The van der Waals surface area contributed by atoms with Crippen LogP contribution in [0.5, 0.6) is 0 Å². The molecule has 3 atom stereocenters. The van der Waals surface area contributed by atoms with Gasteiger partial charge in [-0.1, -0.05) is 38.5 Å². The van der Waals surface area contributed by atoms with Crippen molar-refractivity contribution in [3.63, 3.8) is 0 Å². The Morgan fingerprint density at radius 3 is 2.85 bits per heavy atom. The molecule has 0 bridgehead atoms. The summed E-state index contributed by atoms with van der Waals surface area (Å²) in [6.45, 7) is 8.15. The van der Waals surface area contributed by atoms with Gasteiger partial charge in [0.2, 0.25) is 0 Å². The molecule has 0 amide bonds. The van der Waals surface area contributed by atoms with Crippen molar-refractivity contribution in [2.75, 3.05) is 11.4 Å². The number of anilines is 1. The standard InChI is InChI=1S/C18H28N2/c1-13-11-14-7-4-5-9-16(14)20(13)12-15-8-6-10-18(2,3)17(15)19/h4-5,7,9,13,15,17H,6,8,10-12,19H2,1-3H3. The molecule has 0 aromatic heterocycles. The van der Waals surface area contributed by atoms with Crippen LogP contribution in [0, 0.1) is 11.3 Å². The van der Waals surface area contributed by atoms with E-state index in [0.717, 1.165) is 6.54 Å². The van der Waals surface area contributed by atoms with Gasteiger partial charge in [0.15, 0.2) is 0 Å². The van der Waals surface area contributed by atoms with Crippen LogP contribution in [0.3, 0.4) is 0 Å². The number of hydrogen-bond acceptors (Lipinski definition) is 2. The van der Waals surface area contributed by atoms with E-state index in [2.05, 4.69) is 49.9 Å². The summed E-state index contributed by atoms with van der Waals surface area (Å²) in [4.78, 5) is 2.60. The van der Waals surface area contributed by atoms with E-state index >= 15 is 0 Å². The molecule has 1 heterocycles. The second-order valence-electron chi connectivity index (χ2n) is 7.50. The summed E-state index contributed by atoms with van der Waals surface area (Å²) >= 11 is 0. The van der Waals surface area contributed by atoms with Crippen molar-refractivity contribution < 1.29 is 0 Å². The third kappa shape index (κ3) is 2.35. The molecule has 2 nitrogen and oxygen atoms in total. The molecule has 3 rings (SSSR count). The molecule has 1 saturated carbocycles. The zero-order valence-corrected chi connectivity index (χ0v) is 13.1. The lowest BCUT2D eigenvalue weighted by Crippen LogP contribution is -2.51. The van der Waals surface area contributed by atoms with Crippen molar-refractivity contribution in [3.05, 3.63) is 29.8 Å². The molecule has 20 heavy (non-hydrogen) atoms. The Labute approximate surface area is 123 Å². The highest BCUT2D eigenvalue weighted by atomic mass is 15.2. The van der Waals surface area contributed by atoms with Gasteiger partial charge in [-0.05, 0) is 49.1 Å². The first-order valence-electron chi connectivity index (χ1n) is 8.09. The van der Waals surface area contributed by atoms with Gasteiger partial charge >= 0.3 is 0 Å². The highest BCUT2D eigenvalue weighted by Crippen LogP contribution is 2.40. The van der Waals surface area contributed by atoms with E-state index < -0.39 is 0 Å². The van der Waals surface area contributed by atoms with E-state index in [1.807, 2.05) is 0 Å². The van der Waals surface area contributed by atoms with Crippen LogP contribution < -0.4 is 10.6 Å². The van der Waals surface area contributed by atoms with Crippen molar-refractivity contribution in [3.8, 4) is 0 Å². The minimum Gasteiger partial charge on any atom is -0.368 e. The highest BCUT2D eigenvalue weighted by Gasteiger charge is 2.38. The van der Waals surface area contributed by atoms with Gasteiger partial charge in [0.25, 0.3) is 0 Å². The Morgan fingerprint density at radius 1 is 1.30 bits per heavy atom. The van der Waals surface area contributed by atoms with E-state index in [4.69, 9.17) is 5.73 Å². The number of benzene rings is 1. The lowest BCUT2D eigenvalue weighted by molar-refractivity contribution is 0.141. The monoisotopic (exact) mass is 272 g/mol. The van der Waals surface area contributed by atoms with E-state index in [0.29, 0.717) is 23.4 Å². The molecule has 0 radical (unpaired) electrons. The van der Waals surface area contributed by atoms with Crippen LogP contribution in [0.2, 0.25) is 0 Å². The second-order valence-corrected chi connectivity index (χ2v) is 7.50. The molecule has 3 unspecified atom stereocenters. The Balaban J connectivity index is 1.78. The maximum Gasteiger partial charge on any atom is 0.0402 e. The average Bonchev–Trinajstić information content (AvgIpc) is 2.71. The molecular formula is C18H28N2. The zero-order chi connectivity index (χ0) is 14.3. The van der Waals surface area contributed by atoms with E-state index in [1.54, 1.807) is 0 Å². The Bertz CT molecular complexity index is 480. The van der Waals surface area contributed by atoms with Crippen LogP contribution in [0.4, 0.5) is 5.69 Å². The summed E-state index contributed by atoms with van der Waals surface area (Å²) in [7, 11) is 0. The summed E-state index contributed by atoms with van der Waals surface area (Å²) in [5.41, 5.74) is 9.81. The van der Waals surface area contributed by atoms with Crippen LogP contribution >= 0.6 is 0 Å². The number of nitrogens with zero attached hydrogens (tertiary/aromatic N) is 1. The summed E-state index contributed by atoms with van der Waals surface area (Å²) in [6.07, 6.45) is 5.07. The van der Waals surface area contributed by atoms with Crippen LogP contribution in [-0.2, 0) is 6.42 Å². The molecule has 1 aliphatic carbocycles. The van der Waals surface area contributed by atoms with Gasteiger partial charge in [-0.2, -0.15) is 0 Å². The van der Waals surface area contributed by atoms with Crippen molar-refractivity contribution in [1.82, 2.24) is 0 Å². The minimum atomic E-state index is 0.297. The Morgan fingerprint density at radius 2 is 2.05 bits per heavy atom. The summed E-state index contributed by atoms with van der Waals surface area (Å²) in [5.74, 6) is 0.632. The first-order chi connectivity index (χ1) is 9.49. The van der Waals surface area contributed by atoms with Crippen molar-refractivity contribution in [2.45, 2.75) is 58.5 Å². The SMILES string of the molecule is CC1Cc2ccccc2N1CC1CCCC(C)(C)C1N. The third-order valence-electron chi connectivity index (χ3n) is 5.59. The van der Waals surface area contributed by atoms with Gasteiger partial charge in [0.1, 0.15) is 0 Å². The molecule has 1 fully saturated rings. The first-order valence-corrected chi connectivity index (χ1v) is 8.09. The lowest BCUT2D eigenvalue weighted by Gasteiger charge is -2.44. The van der Waals surface area contributed by atoms with Crippen LogP contribution in [-0.4, -0.2) is 18.6 Å². The smallest absolute Gasteiger partial charge is 0.0402 e. The third-order valence-corrected chi connectivity index (χ3v) is 5.59. The van der Waals surface area contributed by atoms with Crippen LogP contribution in [0.1, 0.15) is 45.6 Å². The molecule has 1 aromatic rings. The maximum atomic E-state index is 6.57. The number of nitrogens with two attached hydrogens (primary N) is 1. The van der Waals surface area contributed by atoms with Crippen molar-refractivity contribution >= 4 is 5.69 Å². The quantitative estimate of drug-likeness (QED) is 0.891. The minimum absolute atomic E-state index is 0.297. The van der Waals surface area contributed by atoms with Gasteiger partial charge in [-0.3, -0.25) is 0 Å². The molecule has 0 spiro atoms. The van der Waals surface area contributed by atoms with E-state index in [9.17, 15) is 0 Å². The second kappa shape index (κ2) is 5.07. The molecule has 1 aromatic carbocycles. The molecular weight excluding hydrogens is 244 g/mol. The molecule has 2 aliphatic rings. The molecule has 0 saturated heterocycles. The fourth-order valence-electron chi connectivity index (χ4n) is 4.17. The van der Waals surface area contributed by atoms with Crippen LogP contribution in [0.25, 0.3) is 0 Å². The topological polar surface area (TPSA) is 29.3 Å². The lowest BCUT2D eigenvalue weighted by atomic mass is 9.68.